The van der Waals surface area contributed by atoms with Crippen molar-refractivity contribution < 1.29 is 14.3 Å². The Labute approximate surface area is 128 Å². The van der Waals surface area contributed by atoms with E-state index in [4.69, 9.17) is 9.47 Å². The number of carbonyl (C=O) groups is 1. The van der Waals surface area contributed by atoms with Gasteiger partial charge in [0.15, 0.2) is 11.5 Å². The fourth-order valence-electron chi connectivity index (χ4n) is 1.63. The van der Waals surface area contributed by atoms with Crippen molar-refractivity contribution in [2.75, 3.05) is 7.11 Å². The smallest absolute Gasteiger partial charge is 0.338 e. The lowest BCUT2D eigenvalue weighted by atomic mass is 10.1. The van der Waals surface area contributed by atoms with E-state index in [9.17, 15) is 4.79 Å². The second kappa shape index (κ2) is 6.90. The van der Waals surface area contributed by atoms with Gasteiger partial charge in [-0.25, -0.2) is 4.79 Å². The fraction of sp³-hybridized carbons (Fsp3) is 0.118. The van der Waals surface area contributed by atoms with Crippen LogP contribution in [0.5, 0.6) is 11.5 Å². The molecule has 0 fully saturated rings. The maximum Gasteiger partial charge on any atom is 0.338 e. The molecule has 21 heavy (non-hydrogen) atoms. The van der Waals surface area contributed by atoms with Crippen molar-refractivity contribution in [1.82, 2.24) is 0 Å². The average Bonchev–Trinajstić information content (AvgIpc) is 2.98. The molecule has 2 rings (SSSR count). The lowest BCUT2D eigenvalue weighted by Crippen LogP contribution is -2.09. The second-order valence-electron chi connectivity index (χ2n) is 4.47. The van der Waals surface area contributed by atoms with E-state index >= 15 is 0 Å². The van der Waals surface area contributed by atoms with Crippen molar-refractivity contribution in [3.8, 4) is 11.5 Å². The standard InChI is InChI=1S/C17H16O3S/c1-12(2)17(18)20-16-10-13(6-7-15(16)19-3)4-5-14-8-9-21-11-14/h4-11H,1H2,2-3H3/b5-4+. The number of carbonyl (C=O) groups excluding carboxylic acids is 1. The van der Waals surface area contributed by atoms with Crippen LogP contribution in [0.1, 0.15) is 18.1 Å². The van der Waals surface area contributed by atoms with E-state index < -0.39 is 5.97 Å². The van der Waals surface area contributed by atoms with Crippen molar-refractivity contribution in [1.29, 1.82) is 0 Å². The molecule has 0 N–H and O–H groups in total. The highest BCUT2D eigenvalue weighted by Crippen LogP contribution is 2.29. The van der Waals surface area contributed by atoms with Gasteiger partial charge in [-0.05, 0) is 47.0 Å². The summed E-state index contributed by atoms with van der Waals surface area (Å²) in [7, 11) is 1.54. The third-order valence-corrected chi connectivity index (χ3v) is 3.45. The molecule has 1 aromatic heterocycles. The lowest BCUT2D eigenvalue weighted by molar-refractivity contribution is -0.130. The number of ether oxygens (including phenoxy) is 2. The molecule has 0 aliphatic rings. The van der Waals surface area contributed by atoms with E-state index in [0.717, 1.165) is 11.1 Å². The highest BCUT2D eigenvalue weighted by Gasteiger charge is 2.10. The molecule has 1 heterocycles. The van der Waals surface area contributed by atoms with Gasteiger partial charge in [0, 0.05) is 5.57 Å². The minimum atomic E-state index is -0.465. The maximum absolute atomic E-state index is 11.6. The normalized spacial score (nSPS) is 10.6. The van der Waals surface area contributed by atoms with Crippen LogP contribution in [0.25, 0.3) is 12.2 Å². The number of hydrogen-bond acceptors (Lipinski definition) is 4. The largest absolute Gasteiger partial charge is 0.493 e. The van der Waals surface area contributed by atoms with Gasteiger partial charge in [-0.3, -0.25) is 0 Å². The minimum absolute atomic E-state index is 0.344. The first-order chi connectivity index (χ1) is 10.1. The summed E-state index contributed by atoms with van der Waals surface area (Å²) < 4.78 is 10.5. The summed E-state index contributed by atoms with van der Waals surface area (Å²) in [6, 6.07) is 7.48. The minimum Gasteiger partial charge on any atom is -0.493 e. The summed E-state index contributed by atoms with van der Waals surface area (Å²) in [5.74, 6) is 0.433. The Morgan fingerprint density at radius 1 is 1.19 bits per heavy atom. The molecule has 1 aromatic carbocycles. The van der Waals surface area contributed by atoms with Crippen molar-refractivity contribution in [3.63, 3.8) is 0 Å². The number of benzene rings is 1. The van der Waals surface area contributed by atoms with Gasteiger partial charge in [-0.1, -0.05) is 24.8 Å². The second-order valence-corrected chi connectivity index (χ2v) is 5.25. The quantitative estimate of drug-likeness (QED) is 0.466. The maximum atomic E-state index is 11.6. The van der Waals surface area contributed by atoms with Crippen LogP contribution in [0.3, 0.4) is 0 Å². The Bertz CT molecular complexity index is 669. The van der Waals surface area contributed by atoms with E-state index in [1.54, 1.807) is 30.4 Å². The molecule has 108 valence electrons. The topological polar surface area (TPSA) is 35.5 Å². The van der Waals surface area contributed by atoms with Crippen molar-refractivity contribution in [3.05, 3.63) is 58.3 Å². The van der Waals surface area contributed by atoms with Gasteiger partial charge < -0.3 is 9.47 Å². The summed E-state index contributed by atoms with van der Waals surface area (Å²) in [5.41, 5.74) is 2.40. The van der Waals surface area contributed by atoms with Gasteiger partial charge in [0.2, 0.25) is 0 Å². The van der Waals surface area contributed by atoms with Crippen LogP contribution in [0.2, 0.25) is 0 Å². The van der Waals surface area contributed by atoms with Gasteiger partial charge in [0.1, 0.15) is 0 Å². The van der Waals surface area contributed by atoms with Crippen LogP contribution in [-0.2, 0) is 4.79 Å². The highest BCUT2D eigenvalue weighted by molar-refractivity contribution is 7.08. The molecule has 0 aliphatic carbocycles. The molecule has 4 heteroatoms. The molecule has 0 spiro atoms. The predicted molar refractivity (Wildman–Crippen MR) is 86.7 cm³/mol. The summed E-state index contributed by atoms with van der Waals surface area (Å²) in [6.45, 7) is 5.18. The van der Waals surface area contributed by atoms with E-state index in [1.165, 1.54) is 7.11 Å². The van der Waals surface area contributed by atoms with Gasteiger partial charge >= 0.3 is 5.97 Å². The fourth-order valence-corrected chi connectivity index (χ4v) is 2.25. The molecule has 3 nitrogen and oxygen atoms in total. The molecule has 0 saturated carbocycles. The Kier molecular flexibility index (Phi) is 4.95. The Balaban J connectivity index is 2.24. The van der Waals surface area contributed by atoms with Gasteiger partial charge in [0.05, 0.1) is 7.11 Å². The third-order valence-electron chi connectivity index (χ3n) is 2.75. The van der Waals surface area contributed by atoms with Crippen LogP contribution in [0.15, 0.2) is 47.2 Å². The number of methoxy groups -OCH3 is 1. The van der Waals surface area contributed by atoms with E-state index in [0.29, 0.717) is 17.1 Å². The summed E-state index contributed by atoms with van der Waals surface area (Å²) in [6.07, 6.45) is 3.96. The molecule has 2 aromatic rings. The zero-order valence-corrected chi connectivity index (χ0v) is 12.8. The first-order valence-corrected chi connectivity index (χ1v) is 7.30. The molecule has 0 atom stereocenters. The van der Waals surface area contributed by atoms with Crippen molar-refractivity contribution in [2.45, 2.75) is 6.92 Å². The first kappa shape index (κ1) is 15.1. The molecular formula is C17H16O3S. The van der Waals surface area contributed by atoms with Crippen LogP contribution in [0.4, 0.5) is 0 Å². The zero-order valence-electron chi connectivity index (χ0n) is 12.0. The van der Waals surface area contributed by atoms with Crippen LogP contribution < -0.4 is 9.47 Å². The molecule has 0 aliphatic heterocycles. The van der Waals surface area contributed by atoms with Crippen LogP contribution in [0, 0.1) is 0 Å². The van der Waals surface area contributed by atoms with E-state index in [1.807, 2.05) is 29.7 Å². The Hall–Kier alpha value is -2.33. The molecule has 0 saturated heterocycles. The summed E-state index contributed by atoms with van der Waals surface area (Å²) in [4.78, 5) is 11.6. The number of rotatable bonds is 5. The van der Waals surface area contributed by atoms with Crippen LogP contribution in [-0.4, -0.2) is 13.1 Å². The molecule has 0 radical (unpaired) electrons. The number of esters is 1. The van der Waals surface area contributed by atoms with E-state index in [2.05, 4.69) is 12.0 Å². The summed E-state index contributed by atoms with van der Waals surface area (Å²) in [5, 5.41) is 4.08. The Morgan fingerprint density at radius 2 is 1.95 bits per heavy atom. The number of thiophene rings is 1. The lowest BCUT2D eigenvalue weighted by Gasteiger charge is -2.09. The molecule has 0 unspecified atom stereocenters. The average molecular weight is 300 g/mol. The van der Waals surface area contributed by atoms with Crippen LogP contribution >= 0.6 is 11.3 Å². The van der Waals surface area contributed by atoms with Crippen molar-refractivity contribution >= 4 is 29.5 Å². The van der Waals surface area contributed by atoms with Crippen molar-refractivity contribution in [2.24, 2.45) is 0 Å². The summed E-state index contributed by atoms with van der Waals surface area (Å²) >= 11 is 1.65. The van der Waals surface area contributed by atoms with Gasteiger partial charge in [-0.2, -0.15) is 11.3 Å². The zero-order chi connectivity index (χ0) is 15.2. The molecule has 0 bridgehead atoms. The monoisotopic (exact) mass is 300 g/mol. The predicted octanol–water partition coefficient (Wildman–Crippen LogP) is 4.41. The van der Waals surface area contributed by atoms with Gasteiger partial charge in [-0.15, -0.1) is 0 Å². The molecule has 0 amide bonds. The number of hydrogen-bond donors (Lipinski definition) is 0. The Morgan fingerprint density at radius 3 is 2.57 bits per heavy atom. The third kappa shape index (κ3) is 4.07. The van der Waals surface area contributed by atoms with Gasteiger partial charge in [0.25, 0.3) is 0 Å². The van der Waals surface area contributed by atoms with E-state index in [-0.39, 0.29) is 0 Å². The molecular weight excluding hydrogens is 284 g/mol. The SMILES string of the molecule is C=C(C)C(=O)Oc1cc(/C=C/c2ccsc2)ccc1OC. The first-order valence-electron chi connectivity index (χ1n) is 6.36. The highest BCUT2D eigenvalue weighted by atomic mass is 32.1.